The van der Waals surface area contributed by atoms with Crippen molar-refractivity contribution >= 4 is 18.3 Å². The third-order valence-corrected chi connectivity index (χ3v) is 4.30. The lowest BCUT2D eigenvalue weighted by atomic mass is 10.1. The Kier molecular flexibility index (Phi) is 7.52. The lowest BCUT2D eigenvalue weighted by molar-refractivity contribution is 0.0755. The van der Waals surface area contributed by atoms with Crippen LogP contribution in [0.1, 0.15) is 21.7 Å². The molecule has 0 aliphatic heterocycles. The van der Waals surface area contributed by atoms with E-state index in [0.717, 1.165) is 17.8 Å². The zero-order chi connectivity index (χ0) is 18.4. The number of benzene rings is 2. The molecule has 3 aromatic rings. The highest BCUT2D eigenvalue weighted by molar-refractivity contribution is 5.93. The topological polar surface area (TPSA) is 77.0 Å². The van der Waals surface area contributed by atoms with E-state index in [4.69, 9.17) is 5.73 Å². The molecular weight excluding hydrogens is 362 g/mol. The summed E-state index contributed by atoms with van der Waals surface area (Å²) in [6.07, 6.45) is 0.776. The Morgan fingerprint density at radius 1 is 1.04 bits per heavy atom. The van der Waals surface area contributed by atoms with Crippen LogP contribution in [0.2, 0.25) is 0 Å². The Hall–Kier alpha value is -2.70. The first kappa shape index (κ1) is 20.6. The molecule has 0 saturated carbocycles. The van der Waals surface area contributed by atoms with Crippen LogP contribution in [0.15, 0.2) is 60.7 Å². The van der Waals surface area contributed by atoms with E-state index in [9.17, 15) is 4.79 Å². The van der Waals surface area contributed by atoms with Crippen molar-refractivity contribution in [2.24, 2.45) is 5.73 Å². The van der Waals surface area contributed by atoms with Crippen LogP contribution in [0, 0.1) is 6.92 Å². The molecule has 1 aromatic heterocycles. The van der Waals surface area contributed by atoms with Crippen LogP contribution in [0.5, 0.6) is 0 Å². The summed E-state index contributed by atoms with van der Waals surface area (Å²) >= 11 is 0. The number of carbonyl (C=O) groups excluding carboxylic acids is 1. The molecule has 1 amide bonds. The summed E-state index contributed by atoms with van der Waals surface area (Å²) < 4.78 is 1.69. The predicted molar refractivity (Wildman–Crippen MR) is 108 cm³/mol. The molecule has 0 bridgehead atoms. The van der Waals surface area contributed by atoms with Gasteiger partial charge in [0.1, 0.15) is 0 Å². The first-order valence-corrected chi connectivity index (χ1v) is 8.71. The summed E-state index contributed by atoms with van der Waals surface area (Å²) in [5.74, 6) is -0.133. The van der Waals surface area contributed by atoms with Gasteiger partial charge in [0.25, 0.3) is 5.91 Å². The van der Waals surface area contributed by atoms with Crippen LogP contribution in [-0.2, 0) is 6.42 Å². The van der Waals surface area contributed by atoms with Gasteiger partial charge in [0.15, 0.2) is 5.69 Å². The number of hydrogen-bond acceptors (Lipinski definition) is 4. The average Bonchev–Trinajstić information content (AvgIpc) is 3.07. The summed E-state index contributed by atoms with van der Waals surface area (Å²) in [6, 6.07) is 19.8. The number of halogens is 1. The molecule has 0 aliphatic carbocycles. The fourth-order valence-electron chi connectivity index (χ4n) is 2.87. The number of nitrogens with two attached hydrogens (primary N) is 1. The molecule has 0 atom stereocenters. The van der Waals surface area contributed by atoms with Crippen molar-refractivity contribution in [3.05, 3.63) is 77.6 Å². The minimum Gasteiger partial charge on any atom is -0.336 e. The molecule has 0 saturated heterocycles. The van der Waals surface area contributed by atoms with Gasteiger partial charge in [-0.05, 0) is 31.0 Å². The van der Waals surface area contributed by atoms with Gasteiger partial charge in [-0.25, -0.2) is 4.68 Å². The fourth-order valence-corrected chi connectivity index (χ4v) is 2.87. The minimum atomic E-state index is -0.133. The molecule has 6 nitrogen and oxygen atoms in total. The Morgan fingerprint density at radius 2 is 1.67 bits per heavy atom. The second kappa shape index (κ2) is 9.85. The molecule has 2 N–H and O–H groups in total. The molecule has 2 aromatic carbocycles. The van der Waals surface area contributed by atoms with Crippen molar-refractivity contribution < 1.29 is 4.79 Å². The molecule has 3 rings (SSSR count). The highest BCUT2D eigenvalue weighted by atomic mass is 35.5. The minimum absolute atomic E-state index is 0. The van der Waals surface area contributed by atoms with E-state index in [1.165, 1.54) is 5.56 Å². The molecule has 27 heavy (non-hydrogen) atoms. The lowest BCUT2D eigenvalue weighted by Crippen LogP contribution is -2.37. The van der Waals surface area contributed by atoms with E-state index in [-0.39, 0.29) is 18.3 Å². The van der Waals surface area contributed by atoms with Crippen molar-refractivity contribution in [3.63, 3.8) is 0 Å². The summed E-state index contributed by atoms with van der Waals surface area (Å²) in [5, 5.41) is 8.29. The smallest absolute Gasteiger partial charge is 0.276 e. The van der Waals surface area contributed by atoms with E-state index >= 15 is 0 Å². The SMILES string of the molecule is Cc1c(C(=O)N(CCN)CCc2ccccc2)nnn1-c1ccccc1.Cl. The lowest BCUT2D eigenvalue weighted by Gasteiger charge is -2.21. The van der Waals surface area contributed by atoms with Crippen LogP contribution in [0.4, 0.5) is 0 Å². The maximum Gasteiger partial charge on any atom is 0.276 e. The van der Waals surface area contributed by atoms with Crippen molar-refractivity contribution in [3.8, 4) is 5.69 Å². The van der Waals surface area contributed by atoms with Gasteiger partial charge in [-0.1, -0.05) is 53.7 Å². The monoisotopic (exact) mass is 385 g/mol. The van der Waals surface area contributed by atoms with Crippen LogP contribution < -0.4 is 5.73 Å². The molecule has 0 fully saturated rings. The number of aromatic nitrogens is 3. The molecule has 1 heterocycles. The Balaban J connectivity index is 0.00000261. The molecule has 0 radical (unpaired) electrons. The van der Waals surface area contributed by atoms with Crippen molar-refractivity contribution in [1.29, 1.82) is 0 Å². The summed E-state index contributed by atoms with van der Waals surface area (Å²) in [6.45, 7) is 3.35. The highest BCUT2D eigenvalue weighted by Crippen LogP contribution is 2.14. The standard InChI is InChI=1S/C20H23N5O.ClH/c1-16-19(22-23-25(16)18-10-6-3-7-11-18)20(26)24(15-13-21)14-12-17-8-4-2-5-9-17;/h2-11H,12-15,21H2,1H3;1H. The number of hydrogen-bond donors (Lipinski definition) is 1. The summed E-state index contributed by atoms with van der Waals surface area (Å²) in [7, 11) is 0. The first-order valence-electron chi connectivity index (χ1n) is 8.71. The normalized spacial score (nSPS) is 10.3. The Bertz CT molecular complexity index is 851. The highest BCUT2D eigenvalue weighted by Gasteiger charge is 2.22. The number of para-hydroxylation sites is 1. The van der Waals surface area contributed by atoms with Crippen LogP contribution in [0.25, 0.3) is 5.69 Å². The van der Waals surface area contributed by atoms with Gasteiger partial charge in [-0.2, -0.15) is 0 Å². The van der Waals surface area contributed by atoms with Crippen molar-refractivity contribution in [2.75, 3.05) is 19.6 Å². The van der Waals surface area contributed by atoms with E-state index in [2.05, 4.69) is 22.4 Å². The molecule has 142 valence electrons. The molecule has 7 heteroatoms. The average molecular weight is 386 g/mol. The van der Waals surface area contributed by atoms with Crippen LogP contribution in [0.3, 0.4) is 0 Å². The molecule has 0 unspecified atom stereocenters. The van der Waals surface area contributed by atoms with Gasteiger partial charge in [0.2, 0.25) is 0 Å². The van der Waals surface area contributed by atoms with Crippen molar-refractivity contribution in [1.82, 2.24) is 19.9 Å². The van der Waals surface area contributed by atoms with E-state index < -0.39 is 0 Å². The van der Waals surface area contributed by atoms with E-state index in [1.54, 1.807) is 9.58 Å². The van der Waals surface area contributed by atoms with Crippen LogP contribution >= 0.6 is 12.4 Å². The number of amides is 1. The third kappa shape index (κ3) is 4.93. The van der Waals surface area contributed by atoms with Crippen molar-refractivity contribution in [2.45, 2.75) is 13.3 Å². The summed E-state index contributed by atoms with van der Waals surface area (Å²) in [5.41, 5.74) is 8.88. The van der Waals surface area contributed by atoms with Gasteiger partial charge in [0.05, 0.1) is 11.4 Å². The fraction of sp³-hybridized carbons (Fsp3) is 0.250. The molecule has 0 aliphatic rings. The Morgan fingerprint density at radius 3 is 2.30 bits per heavy atom. The van der Waals surface area contributed by atoms with E-state index in [1.807, 2.05) is 55.5 Å². The number of nitrogens with zero attached hydrogens (tertiary/aromatic N) is 4. The molecular formula is C20H24ClN5O. The molecule has 0 spiro atoms. The van der Waals surface area contributed by atoms with Gasteiger partial charge in [-0.15, -0.1) is 17.5 Å². The predicted octanol–water partition coefficient (Wildman–Crippen LogP) is 2.64. The maximum absolute atomic E-state index is 13.0. The second-order valence-corrected chi connectivity index (χ2v) is 6.09. The zero-order valence-corrected chi connectivity index (χ0v) is 16.1. The first-order chi connectivity index (χ1) is 12.7. The number of carbonyl (C=O) groups is 1. The Labute approximate surface area is 165 Å². The van der Waals surface area contributed by atoms with Gasteiger partial charge >= 0.3 is 0 Å². The van der Waals surface area contributed by atoms with E-state index in [0.29, 0.717) is 25.3 Å². The van der Waals surface area contributed by atoms with Gasteiger partial charge in [0, 0.05) is 19.6 Å². The van der Waals surface area contributed by atoms with Gasteiger partial charge in [-0.3, -0.25) is 4.79 Å². The second-order valence-electron chi connectivity index (χ2n) is 6.09. The third-order valence-electron chi connectivity index (χ3n) is 4.30. The summed E-state index contributed by atoms with van der Waals surface area (Å²) in [4.78, 5) is 14.7. The van der Waals surface area contributed by atoms with Gasteiger partial charge < -0.3 is 10.6 Å². The zero-order valence-electron chi connectivity index (χ0n) is 15.3. The largest absolute Gasteiger partial charge is 0.336 e. The quantitative estimate of drug-likeness (QED) is 0.678. The maximum atomic E-state index is 13.0. The number of rotatable bonds is 7. The van der Waals surface area contributed by atoms with Crippen LogP contribution in [-0.4, -0.2) is 45.4 Å².